The Labute approximate surface area is 131 Å². The Kier molecular flexibility index (Phi) is 5.30. The summed E-state index contributed by atoms with van der Waals surface area (Å²) in [5, 5.41) is 0.424. The molecule has 6 heteroatoms. The molecule has 0 bridgehead atoms. The number of nitrogens with two attached hydrogens (primary N) is 1. The summed E-state index contributed by atoms with van der Waals surface area (Å²) in [6.45, 7) is 1.99. The Morgan fingerprint density at radius 3 is 2.62 bits per heavy atom. The van der Waals surface area contributed by atoms with Gasteiger partial charge in [0.15, 0.2) is 0 Å². The summed E-state index contributed by atoms with van der Waals surface area (Å²) in [6.07, 6.45) is 4.63. The highest BCUT2D eigenvalue weighted by molar-refractivity contribution is 7.91. The predicted octanol–water partition coefficient (Wildman–Crippen LogP) is 2.76. The zero-order chi connectivity index (χ0) is 15.6. The van der Waals surface area contributed by atoms with Gasteiger partial charge < -0.3 is 0 Å². The van der Waals surface area contributed by atoms with Gasteiger partial charge in [-0.15, -0.1) is 0 Å². The zero-order valence-corrected chi connectivity index (χ0v) is 14.0. The molecule has 1 aliphatic carbocycles. The first kappa shape index (κ1) is 16.7. The molecule has 3 atom stereocenters. The molecular weight excluding hydrogens is 308 g/mol. The lowest BCUT2D eigenvalue weighted by molar-refractivity contribution is 0.274. The van der Waals surface area contributed by atoms with Crippen molar-refractivity contribution >= 4 is 21.4 Å². The van der Waals surface area contributed by atoms with E-state index >= 15 is 0 Å². The van der Waals surface area contributed by atoms with Crippen LogP contribution >= 0.6 is 11.6 Å². The fraction of sp³-hybridized carbons (Fsp3) is 0.600. The van der Waals surface area contributed by atoms with Crippen molar-refractivity contribution in [1.82, 2.24) is 5.43 Å². The molecule has 1 saturated carbocycles. The molecule has 0 spiro atoms. The molecule has 4 nitrogen and oxygen atoms in total. The molecule has 3 N–H and O–H groups in total. The van der Waals surface area contributed by atoms with Crippen molar-refractivity contribution in [1.29, 1.82) is 0 Å². The number of hydrazine groups is 1. The molecule has 0 heterocycles. The van der Waals surface area contributed by atoms with Crippen molar-refractivity contribution in [2.24, 2.45) is 11.8 Å². The monoisotopic (exact) mass is 330 g/mol. The van der Waals surface area contributed by atoms with Gasteiger partial charge >= 0.3 is 0 Å². The molecule has 1 aliphatic rings. The molecule has 0 aliphatic heterocycles. The van der Waals surface area contributed by atoms with E-state index in [1.54, 1.807) is 0 Å². The molecule has 21 heavy (non-hydrogen) atoms. The van der Waals surface area contributed by atoms with Gasteiger partial charge in [0.25, 0.3) is 0 Å². The van der Waals surface area contributed by atoms with Crippen LogP contribution in [0, 0.1) is 12.8 Å². The van der Waals surface area contributed by atoms with E-state index < -0.39 is 9.84 Å². The topological polar surface area (TPSA) is 72.2 Å². The Balaban J connectivity index is 2.24. The summed E-state index contributed by atoms with van der Waals surface area (Å²) in [6, 6.07) is 5.80. The van der Waals surface area contributed by atoms with Crippen molar-refractivity contribution < 1.29 is 8.42 Å². The Morgan fingerprint density at radius 2 is 2.05 bits per heavy atom. The summed E-state index contributed by atoms with van der Waals surface area (Å²) in [5.74, 6) is 5.96. The van der Waals surface area contributed by atoms with Gasteiger partial charge in [0.05, 0.1) is 5.25 Å². The van der Waals surface area contributed by atoms with E-state index in [9.17, 15) is 8.42 Å². The molecule has 0 aromatic heterocycles. The Morgan fingerprint density at radius 1 is 1.33 bits per heavy atom. The minimum absolute atomic E-state index is 0.0630. The average Bonchev–Trinajstić information content (AvgIpc) is 2.38. The maximum absolute atomic E-state index is 11.8. The number of benzene rings is 1. The van der Waals surface area contributed by atoms with E-state index in [1.165, 1.54) is 6.26 Å². The normalized spacial score (nSPS) is 24.8. The third kappa shape index (κ3) is 4.19. The van der Waals surface area contributed by atoms with E-state index in [-0.39, 0.29) is 17.2 Å². The van der Waals surface area contributed by atoms with Crippen LogP contribution in [0.1, 0.15) is 42.9 Å². The smallest absolute Gasteiger partial charge is 0.150 e. The second-order valence-corrected chi connectivity index (χ2v) is 8.85. The Bertz CT molecular complexity index is 583. The van der Waals surface area contributed by atoms with Crippen molar-refractivity contribution in [2.45, 2.75) is 43.9 Å². The lowest BCUT2D eigenvalue weighted by Gasteiger charge is -2.34. The number of sulfone groups is 1. The first-order valence-corrected chi connectivity index (χ1v) is 9.56. The fourth-order valence-electron chi connectivity index (χ4n) is 3.32. The van der Waals surface area contributed by atoms with Gasteiger partial charge in [-0.3, -0.25) is 11.3 Å². The summed E-state index contributed by atoms with van der Waals surface area (Å²) in [4.78, 5) is 0. The SMILES string of the molecule is Cc1cc(Cl)cc(C(NN)C2CCCC(S(C)(=O)=O)C2)c1. The number of halogens is 1. The first-order chi connectivity index (χ1) is 9.81. The summed E-state index contributed by atoms with van der Waals surface area (Å²) in [5.41, 5.74) is 4.97. The molecule has 3 unspecified atom stereocenters. The van der Waals surface area contributed by atoms with Crippen molar-refractivity contribution in [2.75, 3.05) is 6.26 Å². The lowest BCUT2D eigenvalue weighted by atomic mass is 9.81. The van der Waals surface area contributed by atoms with Gasteiger partial charge in [0, 0.05) is 17.3 Å². The van der Waals surface area contributed by atoms with Crippen LogP contribution in [0.4, 0.5) is 0 Å². The van der Waals surface area contributed by atoms with Gasteiger partial charge in [-0.1, -0.05) is 24.1 Å². The Hall–Kier alpha value is -0.620. The van der Waals surface area contributed by atoms with Gasteiger partial charge in [0.2, 0.25) is 0 Å². The molecule has 2 rings (SSSR count). The van der Waals surface area contributed by atoms with Crippen molar-refractivity contribution in [3.05, 3.63) is 34.3 Å². The highest BCUT2D eigenvalue weighted by Gasteiger charge is 2.33. The number of nitrogens with one attached hydrogen (secondary N) is 1. The van der Waals surface area contributed by atoms with Crippen LogP contribution in [0.2, 0.25) is 5.02 Å². The van der Waals surface area contributed by atoms with Crippen LogP contribution in [-0.2, 0) is 9.84 Å². The lowest BCUT2D eigenvalue weighted by Crippen LogP contribution is -2.38. The molecular formula is C15H23ClN2O2S. The summed E-state index contributed by atoms with van der Waals surface area (Å²) >= 11 is 6.13. The summed E-state index contributed by atoms with van der Waals surface area (Å²) in [7, 11) is -2.99. The molecule has 1 aromatic rings. The van der Waals surface area contributed by atoms with Crippen LogP contribution in [0.3, 0.4) is 0 Å². The maximum Gasteiger partial charge on any atom is 0.150 e. The highest BCUT2D eigenvalue weighted by atomic mass is 35.5. The molecule has 0 saturated heterocycles. The van der Waals surface area contributed by atoms with Gasteiger partial charge in [-0.2, -0.15) is 0 Å². The van der Waals surface area contributed by atoms with Crippen LogP contribution in [0.5, 0.6) is 0 Å². The molecule has 0 amide bonds. The third-order valence-corrected chi connectivity index (χ3v) is 6.20. The van der Waals surface area contributed by atoms with Gasteiger partial charge in [-0.05, 0) is 55.4 Å². The van der Waals surface area contributed by atoms with Gasteiger partial charge in [0.1, 0.15) is 9.84 Å². The standard InChI is InChI=1S/C15H23ClN2O2S/c1-10-6-12(8-13(16)7-10)15(18-17)11-4-3-5-14(9-11)21(2,19)20/h6-8,11,14-15,18H,3-5,9,17H2,1-2H3. The maximum atomic E-state index is 11.8. The van der Waals surface area contributed by atoms with Crippen LogP contribution in [0.15, 0.2) is 18.2 Å². The van der Waals surface area contributed by atoms with E-state index in [0.717, 1.165) is 30.4 Å². The van der Waals surface area contributed by atoms with Crippen molar-refractivity contribution in [3.8, 4) is 0 Å². The molecule has 1 fully saturated rings. The minimum atomic E-state index is -2.99. The van der Waals surface area contributed by atoms with E-state index in [4.69, 9.17) is 17.4 Å². The second kappa shape index (κ2) is 6.65. The van der Waals surface area contributed by atoms with Crippen LogP contribution in [0.25, 0.3) is 0 Å². The zero-order valence-electron chi connectivity index (χ0n) is 12.5. The fourth-order valence-corrected chi connectivity index (χ4v) is 4.81. The third-order valence-electron chi connectivity index (χ3n) is 4.35. The number of rotatable bonds is 4. The van der Waals surface area contributed by atoms with E-state index in [2.05, 4.69) is 11.5 Å². The first-order valence-electron chi connectivity index (χ1n) is 7.23. The average molecular weight is 331 g/mol. The molecule has 1 aromatic carbocycles. The quantitative estimate of drug-likeness (QED) is 0.657. The summed E-state index contributed by atoms with van der Waals surface area (Å²) < 4.78 is 23.6. The minimum Gasteiger partial charge on any atom is -0.271 e. The van der Waals surface area contributed by atoms with Gasteiger partial charge in [-0.25, -0.2) is 8.42 Å². The highest BCUT2D eigenvalue weighted by Crippen LogP contribution is 2.37. The predicted molar refractivity (Wildman–Crippen MR) is 86.8 cm³/mol. The van der Waals surface area contributed by atoms with Crippen molar-refractivity contribution in [3.63, 3.8) is 0 Å². The molecule has 0 radical (unpaired) electrons. The number of hydrogen-bond donors (Lipinski definition) is 2. The number of hydrogen-bond acceptors (Lipinski definition) is 4. The second-order valence-electron chi connectivity index (χ2n) is 6.08. The number of aryl methyl sites for hydroxylation is 1. The van der Waals surface area contributed by atoms with E-state index in [0.29, 0.717) is 11.4 Å². The largest absolute Gasteiger partial charge is 0.271 e. The van der Waals surface area contributed by atoms with Crippen LogP contribution < -0.4 is 11.3 Å². The van der Waals surface area contributed by atoms with E-state index in [1.807, 2.05) is 19.1 Å². The molecule has 118 valence electrons. The van der Waals surface area contributed by atoms with Crippen LogP contribution in [-0.4, -0.2) is 19.9 Å².